The van der Waals surface area contributed by atoms with Crippen LogP contribution in [-0.2, 0) is 4.79 Å². The summed E-state index contributed by atoms with van der Waals surface area (Å²) in [5, 5.41) is 19.7. The summed E-state index contributed by atoms with van der Waals surface area (Å²) in [5.74, 6) is -1.04. The largest absolute Gasteiger partial charge is 0.478 e. The maximum atomic E-state index is 10.2. The van der Waals surface area contributed by atoms with Crippen molar-refractivity contribution in [3.05, 3.63) is 42.1 Å². The average Bonchev–Trinajstić information content (AvgIpc) is 2.18. The number of aliphatic carboxylic acids is 1. The highest BCUT2D eigenvalue weighted by molar-refractivity contribution is 5.80. The van der Waals surface area contributed by atoms with E-state index >= 15 is 0 Å². The zero-order chi connectivity index (χ0) is 10.4. The molecular formula is C10H8N2O2. The van der Waals surface area contributed by atoms with E-state index < -0.39 is 5.97 Å². The summed E-state index contributed by atoms with van der Waals surface area (Å²) < 4.78 is 0. The fourth-order valence-electron chi connectivity index (χ4n) is 0.909. The Balaban J connectivity index is 2.77. The second-order valence-corrected chi connectivity index (χ2v) is 2.47. The minimum atomic E-state index is -1.04. The third kappa shape index (κ3) is 2.64. The normalized spacial score (nSPS) is 9.64. The molecule has 0 unspecified atom stereocenters. The third-order valence-electron chi connectivity index (χ3n) is 1.51. The van der Waals surface area contributed by atoms with Crippen LogP contribution >= 0.6 is 0 Å². The van der Waals surface area contributed by atoms with Gasteiger partial charge in [0.1, 0.15) is 6.07 Å². The van der Waals surface area contributed by atoms with E-state index in [1.54, 1.807) is 24.3 Å². The molecule has 0 atom stereocenters. The van der Waals surface area contributed by atoms with Crippen molar-refractivity contribution < 1.29 is 9.90 Å². The first-order valence-electron chi connectivity index (χ1n) is 3.89. The number of benzene rings is 1. The molecule has 70 valence electrons. The molecule has 0 radical (unpaired) electrons. The van der Waals surface area contributed by atoms with Gasteiger partial charge in [-0.15, -0.1) is 0 Å². The Morgan fingerprint density at radius 3 is 2.86 bits per heavy atom. The molecule has 0 saturated heterocycles. The molecule has 0 bridgehead atoms. The first kappa shape index (κ1) is 9.81. The molecule has 0 saturated carbocycles. The molecule has 0 spiro atoms. The molecule has 4 heteroatoms. The smallest absolute Gasteiger partial charge is 0.329 e. The second-order valence-electron chi connectivity index (χ2n) is 2.47. The number of para-hydroxylation sites is 1. The van der Waals surface area contributed by atoms with Gasteiger partial charge in [0.2, 0.25) is 0 Å². The number of hydrogen-bond donors (Lipinski definition) is 2. The zero-order valence-electron chi connectivity index (χ0n) is 7.27. The number of nitriles is 1. The van der Waals surface area contributed by atoms with Gasteiger partial charge in [-0.05, 0) is 12.1 Å². The van der Waals surface area contributed by atoms with E-state index in [1.165, 1.54) is 6.20 Å². The lowest BCUT2D eigenvalue weighted by Crippen LogP contribution is -1.94. The zero-order valence-corrected chi connectivity index (χ0v) is 7.27. The molecule has 1 aromatic carbocycles. The standard InChI is InChI=1S/C10H8N2O2/c11-7-8-3-1-2-4-9(8)12-6-5-10(13)14/h1-6,12H,(H,13,14)/b6-5+. The minimum Gasteiger partial charge on any atom is -0.478 e. The number of nitrogens with one attached hydrogen (secondary N) is 1. The first-order chi connectivity index (χ1) is 6.74. The molecule has 0 fully saturated rings. The minimum absolute atomic E-state index is 0.475. The van der Waals surface area contributed by atoms with Crippen LogP contribution in [0.1, 0.15) is 5.56 Å². The Morgan fingerprint density at radius 1 is 1.50 bits per heavy atom. The maximum Gasteiger partial charge on any atom is 0.329 e. The monoisotopic (exact) mass is 188 g/mol. The maximum absolute atomic E-state index is 10.2. The molecule has 4 nitrogen and oxygen atoms in total. The molecule has 0 amide bonds. The molecule has 2 N–H and O–H groups in total. The van der Waals surface area contributed by atoms with E-state index in [-0.39, 0.29) is 0 Å². The highest BCUT2D eigenvalue weighted by Crippen LogP contribution is 2.12. The van der Waals surface area contributed by atoms with Crippen LogP contribution in [0.5, 0.6) is 0 Å². The molecule has 0 aliphatic heterocycles. The summed E-state index contributed by atoms with van der Waals surface area (Å²) in [4.78, 5) is 10.2. The molecular weight excluding hydrogens is 180 g/mol. The van der Waals surface area contributed by atoms with Gasteiger partial charge < -0.3 is 10.4 Å². The van der Waals surface area contributed by atoms with Crippen LogP contribution in [0.4, 0.5) is 5.69 Å². The second kappa shape index (κ2) is 4.67. The van der Waals surface area contributed by atoms with Gasteiger partial charge in [0, 0.05) is 12.3 Å². The van der Waals surface area contributed by atoms with Crippen LogP contribution in [0.15, 0.2) is 36.5 Å². The molecule has 14 heavy (non-hydrogen) atoms. The molecule has 0 aromatic heterocycles. The summed E-state index contributed by atoms with van der Waals surface area (Å²) in [6.07, 6.45) is 2.24. The summed E-state index contributed by atoms with van der Waals surface area (Å²) in [6, 6.07) is 8.84. The van der Waals surface area contributed by atoms with Crippen LogP contribution in [0.25, 0.3) is 0 Å². The molecule has 1 aromatic rings. The van der Waals surface area contributed by atoms with Gasteiger partial charge >= 0.3 is 5.97 Å². The van der Waals surface area contributed by atoms with E-state index in [9.17, 15) is 4.79 Å². The van der Waals surface area contributed by atoms with Crippen molar-refractivity contribution in [2.45, 2.75) is 0 Å². The van der Waals surface area contributed by atoms with Gasteiger partial charge in [0.05, 0.1) is 11.3 Å². The number of hydrogen-bond acceptors (Lipinski definition) is 3. The number of carboxylic acids is 1. The lowest BCUT2D eigenvalue weighted by Gasteiger charge is -2.01. The Hall–Kier alpha value is -2.28. The van der Waals surface area contributed by atoms with Gasteiger partial charge in [-0.3, -0.25) is 0 Å². The predicted octanol–water partition coefficient (Wildman–Crippen LogP) is 1.57. The van der Waals surface area contributed by atoms with Gasteiger partial charge in [-0.2, -0.15) is 5.26 Å². The highest BCUT2D eigenvalue weighted by Gasteiger charge is 1.96. The lowest BCUT2D eigenvalue weighted by molar-refractivity contribution is -0.131. The van der Waals surface area contributed by atoms with Crippen molar-refractivity contribution in [1.82, 2.24) is 0 Å². The van der Waals surface area contributed by atoms with Crippen molar-refractivity contribution in [2.75, 3.05) is 5.32 Å². The van der Waals surface area contributed by atoms with Crippen LogP contribution in [0.3, 0.4) is 0 Å². The Bertz CT molecular complexity index is 405. The van der Waals surface area contributed by atoms with Gasteiger partial charge in [0.15, 0.2) is 0 Å². The number of nitrogens with zero attached hydrogens (tertiary/aromatic N) is 1. The SMILES string of the molecule is N#Cc1ccccc1N/C=C/C(=O)O. The van der Waals surface area contributed by atoms with Crippen LogP contribution in [-0.4, -0.2) is 11.1 Å². The van der Waals surface area contributed by atoms with Crippen molar-refractivity contribution >= 4 is 11.7 Å². The molecule has 0 aliphatic carbocycles. The average molecular weight is 188 g/mol. The molecule has 0 heterocycles. The third-order valence-corrected chi connectivity index (χ3v) is 1.51. The van der Waals surface area contributed by atoms with E-state index in [4.69, 9.17) is 10.4 Å². The van der Waals surface area contributed by atoms with Crippen molar-refractivity contribution in [3.8, 4) is 6.07 Å². The Kier molecular flexibility index (Phi) is 3.27. The quantitative estimate of drug-likeness (QED) is 0.706. The fourth-order valence-corrected chi connectivity index (χ4v) is 0.909. The first-order valence-corrected chi connectivity index (χ1v) is 3.89. The lowest BCUT2D eigenvalue weighted by atomic mass is 10.2. The Morgan fingerprint density at radius 2 is 2.21 bits per heavy atom. The van der Waals surface area contributed by atoms with Crippen LogP contribution < -0.4 is 5.32 Å². The molecule has 1 rings (SSSR count). The van der Waals surface area contributed by atoms with Crippen molar-refractivity contribution in [3.63, 3.8) is 0 Å². The van der Waals surface area contributed by atoms with Crippen molar-refractivity contribution in [1.29, 1.82) is 5.26 Å². The Labute approximate surface area is 81.1 Å². The van der Waals surface area contributed by atoms with E-state index in [2.05, 4.69) is 5.32 Å². The number of rotatable bonds is 3. The number of carbonyl (C=O) groups is 1. The number of carboxylic acid groups (broad SMARTS) is 1. The van der Waals surface area contributed by atoms with Gasteiger partial charge in [0.25, 0.3) is 0 Å². The van der Waals surface area contributed by atoms with E-state index in [1.807, 2.05) is 6.07 Å². The number of anilines is 1. The van der Waals surface area contributed by atoms with Gasteiger partial charge in [-0.25, -0.2) is 4.79 Å². The van der Waals surface area contributed by atoms with E-state index in [0.717, 1.165) is 6.08 Å². The van der Waals surface area contributed by atoms with Gasteiger partial charge in [-0.1, -0.05) is 12.1 Å². The fraction of sp³-hybridized carbons (Fsp3) is 0. The summed E-state index contributed by atoms with van der Waals surface area (Å²) in [6.45, 7) is 0. The summed E-state index contributed by atoms with van der Waals surface area (Å²) in [7, 11) is 0. The molecule has 0 aliphatic rings. The van der Waals surface area contributed by atoms with E-state index in [0.29, 0.717) is 11.3 Å². The summed E-state index contributed by atoms with van der Waals surface area (Å²) in [5.41, 5.74) is 1.06. The van der Waals surface area contributed by atoms with Crippen LogP contribution in [0.2, 0.25) is 0 Å². The predicted molar refractivity (Wildman–Crippen MR) is 51.6 cm³/mol. The highest BCUT2D eigenvalue weighted by atomic mass is 16.4. The topological polar surface area (TPSA) is 73.1 Å². The van der Waals surface area contributed by atoms with Crippen LogP contribution in [0, 0.1) is 11.3 Å². The summed E-state index contributed by atoms with van der Waals surface area (Å²) >= 11 is 0. The van der Waals surface area contributed by atoms with Crippen molar-refractivity contribution in [2.24, 2.45) is 0 Å².